The average molecular weight is 389 g/mol. The first-order valence-corrected chi connectivity index (χ1v) is 8.93. The van der Waals surface area contributed by atoms with Gasteiger partial charge in [0.25, 0.3) is 0 Å². The third-order valence-electron chi connectivity index (χ3n) is 3.25. The summed E-state index contributed by atoms with van der Waals surface area (Å²) < 4.78 is 7.12. The fourth-order valence-electron chi connectivity index (χ4n) is 2.19. The first kappa shape index (κ1) is 16.8. The molecule has 0 saturated carbocycles. The Morgan fingerprint density at radius 3 is 2.71 bits per heavy atom. The molecular weight excluding hydrogens is 370 g/mol. The van der Waals surface area contributed by atoms with E-state index in [1.54, 1.807) is 18.4 Å². The molecule has 0 bridgehead atoms. The van der Waals surface area contributed by atoms with Crippen molar-refractivity contribution in [3.63, 3.8) is 0 Å². The molecule has 1 atom stereocenters. The van der Waals surface area contributed by atoms with Crippen LogP contribution >= 0.6 is 38.9 Å². The molecule has 2 aromatic rings. The van der Waals surface area contributed by atoms with E-state index in [-0.39, 0.29) is 6.04 Å². The highest BCUT2D eigenvalue weighted by Gasteiger charge is 2.14. The number of benzene rings is 1. The number of thiophene rings is 1. The van der Waals surface area contributed by atoms with Crippen molar-refractivity contribution in [1.29, 1.82) is 0 Å². The van der Waals surface area contributed by atoms with Crippen molar-refractivity contribution in [2.75, 3.05) is 13.7 Å². The van der Waals surface area contributed by atoms with E-state index in [2.05, 4.69) is 46.4 Å². The first-order valence-electron chi connectivity index (χ1n) is 6.95. The molecule has 0 aliphatic heterocycles. The summed E-state index contributed by atoms with van der Waals surface area (Å²) >= 11 is 11.2. The minimum atomic E-state index is 0.280. The number of ether oxygens (including phenoxy) is 1. The third-order valence-corrected chi connectivity index (χ3v) is 5.13. The normalized spacial score (nSPS) is 12.4. The summed E-state index contributed by atoms with van der Waals surface area (Å²) in [6.45, 7) is 3.17. The summed E-state index contributed by atoms with van der Waals surface area (Å²) in [5, 5.41) is 3.61. The zero-order valence-corrected chi connectivity index (χ0v) is 15.3. The molecule has 21 heavy (non-hydrogen) atoms. The van der Waals surface area contributed by atoms with Crippen molar-refractivity contribution >= 4 is 38.9 Å². The van der Waals surface area contributed by atoms with Gasteiger partial charge in [-0.25, -0.2) is 0 Å². The van der Waals surface area contributed by atoms with Crippen LogP contribution in [0, 0.1) is 0 Å². The minimum Gasteiger partial charge on any atom is -0.496 e. The van der Waals surface area contributed by atoms with E-state index in [1.807, 2.05) is 12.1 Å². The number of nitrogens with one attached hydrogen (secondary N) is 1. The predicted octanol–water partition coefficient (Wildman–Crippen LogP) is 5.46. The van der Waals surface area contributed by atoms with Crippen LogP contribution in [0.3, 0.4) is 0 Å². The molecule has 2 nitrogen and oxygen atoms in total. The van der Waals surface area contributed by atoms with Crippen LogP contribution in [0.15, 0.2) is 34.8 Å². The Bertz CT molecular complexity index is 587. The number of methoxy groups -OCH3 is 1. The zero-order chi connectivity index (χ0) is 15.2. The number of hydrogen-bond donors (Lipinski definition) is 1. The van der Waals surface area contributed by atoms with Crippen molar-refractivity contribution in [3.8, 4) is 5.75 Å². The van der Waals surface area contributed by atoms with Gasteiger partial charge in [-0.2, -0.15) is 0 Å². The highest BCUT2D eigenvalue weighted by atomic mass is 79.9. The summed E-state index contributed by atoms with van der Waals surface area (Å²) in [6.07, 6.45) is 2.05. The van der Waals surface area contributed by atoms with Gasteiger partial charge < -0.3 is 10.1 Å². The fraction of sp³-hybridized carbons (Fsp3) is 0.375. The molecule has 2 rings (SSSR count). The predicted molar refractivity (Wildman–Crippen MR) is 94.8 cm³/mol. The Hall–Kier alpha value is -0.550. The van der Waals surface area contributed by atoms with Gasteiger partial charge in [0, 0.05) is 17.3 Å². The topological polar surface area (TPSA) is 21.3 Å². The molecule has 1 heterocycles. The van der Waals surface area contributed by atoms with Gasteiger partial charge in [-0.15, -0.1) is 11.3 Å². The second-order valence-electron chi connectivity index (χ2n) is 4.81. The molecule has 0 fully saturated rings. The molecule has 0 amide bonds. The van der Waals surface area contributed by atoms with E-state index in [4.69, 9.17) is 16.3 Å². The molecule has 0 radical (unpaired) electrons. The molecule has 114 valence electrons. The van der Waals surface area contributed by atoms with Gasteiger partial charge in [-0.05, 0) is 58.7 Å². The van der Waals surface area contributed by atoms with Gasteiger partial charge in [-0.1, -0.05) is 24.6 Å². The van der Waals surface area contributed by atoms with E-state index in [0.29, 0.717) is 0 Å². The maximum Gasteiger partial charge on any atom is 0.133 e. The van der Waals surface area contributed by atoms with E-state index >= 15 is 0 Å². The van der Waals surface area contributed by atoms with E-state index in [9.17, 15) is 0 Å². The standard InChI is InChI=1S/C16H19BrClNOS/c1-3-8-19-14(10-12-5-7-16(18)21-12)11-4-6-15(20-2)13(17)9-11/h4-7,9,14,19H,3,8,10H2,1-2H3. The molecule has 1 unspecified atom stereocenters. The molecule has 0 saturated heterocycles. The van der Waals surface area contributed by atoms with Gasteiger partial charge in [0.05, 0.1) is 15.9 Å². The number of rotatable bonds is 7. The molecule has 0 aliphatic carbocycles. The summed E-state index contributed by atoms with van der Waals surface area (Å²) in [7, 11) is 1.68. The van der Waals surface area contributed by atoms with Crippen molar-refractivity contribution in [2.24, 2.45) is 0 Å². The highest BCUT2D eigenvalue weighted by molar-refractivity contribution is 9.10. The van der Waals surface area contributed by atoms with Gasteiger partial charge >= 0.3 is 0 Å². The fourth-order valence-corrected chi connectivity index (χ4v) is 3.88. The number of halogens is 2. The second kappa shape index (κ2) is 8.18. The van der Waals surface area contributed by atoms with Crippen molar-refractivity contribution in [1.82, 2.24) is 5.32 Å². The largest absolute Gasteiger partial charge is 0.496 e. The van der Waals surface area contributed by atoms with E-state index < -0.39 is 0 Å². The van der Waals surface area contributed by atoms with Crippen molar-refractivity contribution < 1.29 is 4.74 Å². The lowest BCUT2D eigenvalue weighted by atomic mass is 10.0. The van der Waals surface area contributed by atoms with Crippen LogP contribution in [-0.4, -0.2) is 13.7 Å². The number of hydrogen-bond acceptors (Lipinski definition) is 3. The van der Waals surface area contributed by atoms with Crippen LogP contribution < -0.4 is 10.1 Å². The zero-order valence-electron chi connectivity index (χ0n) is 12.2. The average Bonchev–Trinajstić information content (AvgIpc) is 2.88. The molecule has 1 aromatic carbocycles. The summed E-state index contributed by atoms with van der Waals surface area (Å²) in [5.74, 6) is 0.854. The highest BCUT2D eigenvalue weighted by Crippen LogP contribution is 2.31. The van der Waals surface area contributed by atoms with Gasteiger partial charge in [0.1, 0.15) is 5.75 Å². The lowest BCUT2D eigenvalue weighted by molar-refractivity contribution is 0.411. The Morgan fingerprint density at radius 1 is 1.33 bits per heavy atom. The van der Waals surface area contributed by atoms with Crippen LogP contribution in [0.4, 0.5) is 0 Å². The smallest absolute Gasteiger partial charge is 0.133 e. The van der Waals surface area contributed by atoms with Crippen LogP contribution in [-0.2, 0) is 6.42 Å². The maximum atomic E-state index is 6.03. The van der Waals surface area contributed by atoms with Gasteiger partial charge in [0.15, 0.2) is 0 Å². The van der Waals surface area contributed by atoms with E-state index in [1.165, 1.54) is 10.4 Å². The first-order chi connectivity index (χ1) is 10.1. The van der Waals surface area contributed by atoms with Crippen LogP contribution in [0.25, 0.3) is 0 Å². The summed E-state index contributed by atoms with van der Waals surface area (Å²) in [4.78, 5) is 1.29. The minimum absolute atomic E-state index is 0.280. The lowest BCUT2D eigenvalue weighted by Crippen LogP contribution is -2.23. The van der Waals surface area contributed by atoms with Crippen LogP contribution in [0.1, 0.15) is 29.8 Å². The monoisotopic (exact) mass is 387 g/mol. The van der Waals surface area contributed by atoms with Gasteiger partial charge in [0.2, 0.25) is 0 Å². The molecular formula is C16H19BrClNOS. The Kier molecular flexibility index (Phi) is 6.55. The maximum absolute atomic E-state index is 6.03. The molecule has 1 aromatic heterocycles. The molecule has 0 spiro atoms. The molecule has 1 N–H and O–H groups in total. The molecule has 5 heteroatoms. The Labute approximate surface area is 143 Å². The Balaban J connectivity index is 2.20. The summed E-state index contributed by atoms with van der Waals surface area (Å²) in [6, 6.07) is 10.6. The Morgan fingerprint density at radius 2 is 2.14 bits per heavy atom. The molecule has 0 aliphatic rings. The van der Waals surface area contributed by atoms with Crippen molar-refractivity contribution in [3.05, 3.63) is 49.6 Å². The quantitative estimate of drug-likeness (QED) is 0.680. The van der Waals surface area contributed by atoms with Gasteiger partial charge in [-0.3, -0.25) is 0 Å². The second-order valence-corrected chi connectivity index (χ2v) is 7.46. The summed E-state index contributed by atoms with van der Waals surface area (Å²) in [5.41, 5.74) is 1.25. The lowest BCUT2D eigenvalue weighted by Gasteiger charge is -2.19. The third kappa shape index (κ3) is 4.71. The van der Waals surface area contributed by atoms with Crippen LogP contribution in [0.5, 0.6) is 5.75 Å². The SMILES string of the molecule is CCCNC(Cc1ccc(Cl)s1)c1ccc(OC)c(Br)c1. The van der Waals surface area contributed by atoms with Crippen LogP contribution in [0.2, 0.25) is 4.34 Å². The van der Waals surface area contributed by atoms with E-state index in [0.717, 1.165) is 33.9 Å². The van der Waals surface area contributed by atoms with Crippen molar-refractivity contribution in [2.45, 2.75) is 25.8 Å².